The number of amides is 2. The van der Waals surface area contributed by atoms with Crippen molar-refractivity contribution in [1.82, 2.24) is 10.2 Å². The molecule has 5 heteroatoms. The molecule has 0 aliphatic rings. The van der Waals surface area contributed by atoms with Crippen molar-refractivity contribution in [1.29, 1.82) is 0 Å². The van der Waals surface area contributed by atoms with Crippen molar-refractivity contribution in [2.75, 3.05) is 7.05 Å². The van der Waals surface area contributed by atoms with E-state index in [2.05, 4.69) is 5.32 Å². The zero-order valence-electron chi connectivity index (χ0n) is 18.8. The van der Waals surface area contributed by atoms with Gasteiger partial charge in [0.15, 0.2) is 0 Å². The summed E-state index contributed by atoms with van der Waals surface area (Å²) < 4.78 is 13.4. The van der Waals surface area contributed by atoms with Gasteiger partial charge in [-0.25, -0.2) is 4.39 Å². The monoisotopic (exact) mass is 432 g/mol. The summed E-state index contributed by atoms with van der Waals surface area (Å²) in [6.07, 6.45) is 0.581. The van der Waals surface area contributed by atoms with E-state index in [1.54, 1.807) is 24.1 Å². The van der Waals surface area contributed by atoms with Crippen molar-refractivity contribution in [2.45, 2.75) is 39.3 Å². The Morgan fingerprint density at radius 2 is 1.62 bits per heavy atom. The van der Waals surface area contributed by atoms with Gasteiger partial charge in [-0.1, -0.05) is 66.2 Å². The van der Waals surface area contributed by atoms with Gasteiger partial charge in [-0.2, -0.15) is 0 Å². The highest BCUT2D eigenvalue weighted by Crippen LogP contribution is 2.18. The molecule has 2 amide bonds. The third-order valence-corrected chi connectivity index (χ3v) is 5.63. The molecule has 3 aromatic rings. The van der Waals surface area contributed by atoms with Gasteiger partial charge in [0.25, 0.3) is 0 Å². The summed E-state index contributed by atoms with van der Waals surface area (Å²) in [4.78, 5) is 28.1. The van der Waals surface area contributed by atoms with Crippen molar-refractivity contribution in [3.8, 4) is 0 Å². The minimum absolute atomic E-state index is 0.146. The van der Waals surface area contributed by atoms with E-state index in [4.69, 9.17) is 0 Å². The molecule has 0 unspecified atom stereocenters. The summed E-state index contributed by atoms with van der Waals surface area (Å²) in [6.45, 7) is 4.19. The van der Waals surface area contributed by atoms with Crippen LogP contribution in [0.4, 0.5) is 4.39 Å². The first kappa shape index (κ1) is 23.2. The molecule has 3 rings (SSSR count). The fraction of sp³-hybridized carbons (Fsp3) is 0.259. The zero-order valence-corrected chi connectivity index (χ0v) is 18.8. The molecule has 0 bridgehead atoms. The second-order valence-corrected chi connectivity index (χ2v) is 8.07. The number of hydrogen-bond acceptors (Lipinski definition) is 2. The summed E-state index contributed by atoms with van der Waals surface area (Å²) in [7, 11) is 1.57. The summed E-state index contributed by atoms with van der Waals surface area (Å²) in [5.74, 6) is -0.716. The van der Waals surface area contributed by atoms with Crippen LogP contribution in [0.25, 0.3) is 0 Å². The maximum absolute atomic E-state index is 13.6. The normalized spacial score (nSPS) is 11.6. The highest BCUT2D eigenvalue weighted by Gasteiger charge is 2.30. The molecule has 166 valence electrons. The first-order valence-electron chi connectivity index (χ1n) is 10.7. The number of benzene rings is 3. The van der Waals surface area contributed by atoms with E-state index in [0.717, 1.165) is 27.8 Å². The van der Waals surface area contributed by atoms with Crippen molar-refractivity contribution >= 4 is 11.8 Å². The van der Waals surface area contributed by atoms with Gasteiger partial charge in [0, 0.05) is 20.0 Å². The van der Waals surface area contributed by atoms with Crippen molar-refractivity contribution in [2.24, 2.45) is 0 Å². The molecule has 0 aromatic heterocycles. The highest BCUT2D eigenvalue weighted by molar-refractivity contribution is 5.88. The summed E-state index contributed by atoms with van der Waals surface area (Å²) >= 11 is 0. The fourth-order valence-electron chi connectivity index (χ4n) is 3.76. The molecule has 4 nitrogen and oxygen atoms in total. The molecule has 0 fully saturated rings. The predicted molar refractivity (Wildman–Crippen MR) is 125 cm³/mol. The SMILES string of the molecule is CNC(=O)[C@H](Cc1ccccc1)N(Cc1ccc(F)cc1)C(=O)Cc1cc(C)ccc1C. The van der Waals surface area contributed by atoms with Gasteiger partial charge >= 0.3 is 0 Å². The Hall–Kier alpha value is -3.47. The van der Waals surface area contributed by atoms with Gasteiger partial charge < -0.3 is 10.2 Å². The average molecular weight is 433 g/mol. The van der Waals surface area contributed by atoms with Crippen LogP contribution in [0.1, 0.15) is 27.8 Å². The van der Waals surface area contributed by atoms with Crippen LogP contribution in [0.3, 0.4) is 0 Å². The minimum atomic E-state index is -0.690. The number of rotatable bonds is 8. The van der Waals surface area contributed by atoms with Gasteiger partial charge in [-0.3, -0.25) is 9.59 Å². The summed E-state index contributed by atoms with van der Waals surface area (Å²) in [6, 6.07) is 21.0. The van der Waals surface area contributed by atoms with E-state index in [9.17, 15) is 14.0 Å². The van der Waals surface area contributed by atoms with Crippen LogP contribution in [0.5, 0.6) is 0 Å². The van der Waals surface area contributed by atoms with Crippen molar-refractivity contribution in [3.05, 3.63) is 106 Å². The third kappa shape index (κ3) is 6.03. The molecule has 0 spiro atoms. The Bertz CT molecular complexity index is 1060. The van der Waals surface area contributed by atoms with Gasteiger partial charge in [-0.15, -0.1) is 0 Å². The molecule has 3 aromatic carbocycles. The lowest BCUT2D eigenvalue weighted by molar-refractivity contribution is -0.140. The maximum Gasteiger partial charge on any atom is 0.242 e. The van der Waals surface area contributed by atoms with Gasteiger partial charge in [0.1, 0.15) is 11.9 Å². The fourth-order valence-corrected chi connectivity index (χ4v) is 3.76. The Labute approximate surface area is 189 Å². The van der Waals surface area contributed by atoms with Gasteiger partial charge in [0.05, 0.1) is 6.42 Å². The van der Waals surface area contributed by atoms with E-state index in [1.807, 2.05) is 62.4 Å². The number of halogens is 1. The first-order valence-corrected chi connectivity index (χ1v) is 10.7. The Balaban J connectivity index is 1.96. The number of nitrogens with one attached hydrogen (secondary N) is 1. The molecule has 0 saturated carbocycles. The smallest absolute Gasteiger partial charge is 0.242 e. The van der Waals surface area contributed by atoms with Crippen LogP contribution < -0.4 is 5.32 Å². The lowest BCUT2D eigenvalue weighted by Gasteiger charge is -2.31. The number of nitrogens with zero attached hydrogens (tertiary/aromatic N) is 1. The lowest BCUT2D eigenvalue weighted by atomic mass is 9.99. The average Bonchev–Trinajstić information content (AvgIpc) is 2.80. The largest absolute Gasteiger partial charge is 0.357 e. The van der Waals surface area contributed by atoms with Crippen molar-refractivity contribution in [3.63, 3.8) is 0 Å². The van der Waals surface area contributed by atoms with Crippen LogP contribution in [-0.2, 0) is 29.0 Å². The molecule has 0 saturated heterocycles. The van der Waals surface area contributed by atoms with E-state index < -0.39 is 6.04 Å². The summed E-state index contributed by atoms with van der Waals surface area (Å²) in [5.41, 5.74) is 4.78. The molecule has 0 heterocycles. The Morgan fingerprint density at radius 1 is 0.938 bits per heavy atom. The van der Waals surface area contributed by atoms with E-state index in [-0.39, 0.29) is 30.6 Å². The van der Waals surface area contributed by atoms with Crippen LogP contribution in [0.15, 0.2) is 72.8 Å². The van der Waals surface area contributed by atoms with E-state index in [0.29, 0.717) is 6.42 Å². The Morgan fingerprint density at radius 3 is 2.28 bits per heavy atom. The van der Waals surface area contributed by atoms with E-state index in [1.165, 1.54) is 12.1 Å². The number of carbonyl (C=O) groups excluding carboxylic acids is 2. The molecule has 1 N–H and O–H groups in total. The second-order valence-electron chi connectivity index (χ2n) is 8.07. The molecule has 1 atom stereocenters. The molecule has 0 radical (unpaired) electrons. The Kier molecular flexibility index (Phi) is 7.77. The molecule has 0 aliphatic heterocycles. The number of likely N-dealkylation sites (N-methyl/N-ethyl adjacent to an activating group) is 1. The number of carbonyl (C=O) groups is 2. The zero-order chi connectivity index (χ0) is 23.1. The third-order valence-electron chi connectivity index (χ3n) is 5.63. The highest BCUT2D eigenvalue weighted by atomic mass is 19.1. The molecular weight excluding hydrogens is 403 g/mol. The standard InChI is InChI=1S/C27H29FN2O2/c1-19-9-10-20(2)23(15-19)17-26(31)30(18-22-11-13-24(28)14-12-22)25(27(32)29-3)16-21-7-5-4-6-8-21/h4-15,25H,16-18H2,1-3H3,(H,29,32)/t25-/m0/s1. The van der Waals surface area contributed by atoms with Gasteiger partial charge in [0.2, 0.25) is 11.8 Å². The maximum atomic E-state index is 13.6. The van der Waals surface area contributed by atoms with Crippen LogP contribution in [-0.4, -0.2) is 29.8 Å². The molecular formula is C27H29FN2O2. The minimum Gasteiger partial charge on any atom is -0.357 e. The van der Waals surface area contributed by atoms with Crippen molar-refractivity contribution < 1.29 is 14.0 Å². The van der Waals surface area contributed by atoms with Crippen LogP contribution >= 0.6 is 0 Å². The van der Waals surface area contributed by atoms with E-state index >= 15 is 0 Å². The van der Waals surface area contributed by atoms with Crippen LogP contribution in [0, 0.1) is 19.7 Å². The van der Waals surface area contributed by atoms with Gasteiger partial charge in [-0.05, 0) is 48.2 Å². The molecule has 32 heavy (non-hydrogen) atoms. The predicted octanol–water partition coefficient (Wildman–Crippen LogP) is 4.37. The molecule has 0 aliphatic carbocycles. The number of aryl methyl sites for hydroxylation is 2. The summed E-state index contributed by atoms with van der Waals surface area (Å²) in [5, 5.41) is 2.71. The topological polar surface area (TPSA) is 49.4 Å². The quantitative estimate of drug-likeness (QED) is 0.575. The lowest BCUT2D eigenvalue weighted by Crippen LogP contribution is -2.50. The second kappa shape index (κ2) is 10.7. The van der Waals surface area contributed by atoms with Crippen LogP contribution in [0.2, 0.25) is 0 Å². The number of hydrogen-bond donors (Lipinski definition) is 1. The first-order chi connectivity index (χ1) is 15.4.